The number of pyridine rings is 1. The summed E-state index contributed by atoms with van der Waals surface area (Å²) in [5.41, 5.74) is 8.17. The van der Waals surface area contributed by atoms with Crippen LogP contribution >= 0.6 is 0 Å². The summed E-state index contributed by atoms with van der Waals surface area (Å²) in [5.74, 6) is 2.97. The van der Waals surface area contributed by atoms with Crippen molar-refractivity contribution < 1.29 is 25.8 Å². The second-order valence-corrected chi connectivity index (χ2v) is 11.7. The largest absolute Gasteiger partial charge is 2.00 e. The summed E-state index contributed by atoms with van der Waals surface area (Å²) >= 11 is 0. The molecule has 0 aliphatic heterocycles. The van der Waals surface area contributed by atoms with E-state index in [1.54, 1.807) is 12.3 Å². The van der Waals surface area contributed by atoms with E-state index in [2.05, 4.69) is 78.9 Å². The first-order valence-electron chi connectivity index (χ1n) is 15.6. The van der Waals surface area contributed by atoms with Crippen LogP contribution in [0.2, 0.25) is 0 Å². The van der Waals surface area contributed by atoms with Crippen molar-refractivity contribution in [3.8, 4) is 51.8 Å². The van der Waals surface area contributed by atoms with Gasteiger partial charge in [0.15, 0.2) is 5.82 Å². The van der Waals surface area contributed by atoms with Crippen molar-refractivity contribution in [3.63, 3.8) is 0 Å². The van der Waals surface area contributed by atoms with E-state index in [9.17, 15) is 5.26 Å². The van der Waals surface area contributed by atoms with Gasteiger partial charge in [0.1, 0.15) is 5.82 Å². The van der Waals surface area contributed by atoms with Crippen LogP contribution in [0.1, 0.15) is 22.3 Å². The van der Waals surface area contributed by atoms with E-state index in [4.69, 9.17) is 14.9 Å². The van der Waals surface area contributed by atoms with Crippen LogP contribution in [0.25, 0.3) is 56.1 Å². The summed E-state index contributed by atoms with van der Waals surface area (Å²) < 4.78 is 10.6. The van der Waals surface area contributed by atoms with Crippen LogP contribution in [-0.4, -0.2) is 24.3 Å². The second-order valence-electron chi connectivity index (χ2n) is 11.7. The fourth-order valence-electron chi connectivity index (χ4n) is 6.44. The van der Waals surface area contributed by atoms with Crippen LogP contribution in [0.3, 0.4) is 0 Å². The second kappa shape index (κ2) is 13.0. The fraction of sp³-hybridized carbons (Fsp3) is 0.0732. The summed E-state index contributed by atoms with van der Waals surface area (Å²) in [6.07, 6.45) is 1.75. The Morgan fingerprint density at radius 2 is 1.41 bits per heavy atom. The Hall–Kier alpha value is -5.83. The van der Waals surface area contributed by atoms with Crippen LogP contribution < -0.4 is 4.74 Å². The van der Waals surface area contributed by atoms with Gasteiger partial charge in [0.25, 0.3) is 0 Å². The van der Waals surface area contributed by atoms with E-state index < -0.39 is 0 Å². The molecule has 3 aromatic heterocycles. The molecule has 0 bridgehead atoms. The average Bonchev–Trinajstić information content (AvgIpc) is 3.68. The van der Waals surface area contributed by atoms with Gasteiger partial charge in [-0.2, -0.15) is 10.4 Å². The molecule has 0 N–H and O–H groups in total. The molecule has 3 heterocycles. The Balaban J connectivity index is 0.00000378. The number of aryl methyl sites for hydroxylation is 3. The number of rotatable bonds is 6. The molecular weight excluding hydrogens is 788 g/mol. The molecule has 0 aliphatic rings. The normalized spacial score (nSPS) is 11.0. The Kier molecular flexibility index (Phi) is 8.42. The van der Waals surface area contributed by atoms with E-state index >= 15 is 0 Å². The van der Waals surface area contributed by atoms with Gasteiger partial charge < -0.3 is 13.9 Å². The number of fused-ring (bicyclic) bond motifs is 3. The van der Waals surface area contributed by atoms with Gasteiger partial charge in [-0.05, 0) is 66.6 Å². The van der Waals surface area contributed by atoms with Gasteiger partial charge in [0, 0.05) is 34.5 Å². The average molecular weight is 816 g/mol. The molecule has 0 unspecified atom stereocenters. The van der Waals surface area contributed by atoms with E-state index in [1.807, 2.05) is 77.4 Å². The van der Waals surface area contributed by atoms with Crippen molar-refractivity contribution in [3.05, 3.63) is 150 Å². The minimum Gasteiger partial charge on any atom is -0.503 e. The number of nitrogens with zero attached hydrogens (tertiary/aromatic N) is 6. The van der Waals surface area contributed by atoms with Crippen LogP contribution in [0.15, 0.2) is 115 Å². The van der Waals surface area contributed by atoms with Gasteiger partial charge in [0.05, 0.1) is 11.9 Å². The maximum absolute atomic E-state index is 10.3. The number of benzene rings is 5. The summed E-state index contributed by atoms with van der Waals surface area (Å²) in [7, 11) is 0. The maximum atomic E-state index is 10.3. The topological polar surface area (TPSA) is 81.6 Å². The van der Waals surface area contributed by atoms with Gasteiger partial charge in [0.2, 0.25) is 0 Å². The molecule has 0 fully saturated rings. The Labute approximate surface area is 298 Å². The molecular formula is C41H28N6OPt. The van der Waals surface area contributed by atoms with Crippen molar-refractivity contribution in [1.29, 1.82) is 5.26 Å². The number of aromatic nitrogens is 5. The molecule has 8 heteroatoms. The van der Waals surface area contributed by atoms with E-state index in [0.29, 0.717) is 34.0 Å². The molecule has 0 saturated carbocycles. The molecule has 49 heavy (non-hydrogen) atoms. The molecule has 238 valence electrons. The summed E-state index contributed by atoms with van der Waals surface area (Å²) in [4.78, 5) is 4.61. The van der Waals surface area contributed by atoms with Gasteiger partial charge in [-0.1, -0.05) is 83.7 Å². The zero-order chi connectivity index (χ0) is 32.8. The van der Waals surface area contributed by atoms with Crippen LogP contribution in [0.4, 0.5) is 0 Å². The van der Waals surface area contributed by atoms with Crippen molar-refractivity contribution in [2.45, 2.75) is 20.8 Å². The van der Waals surface area contributed by atoms with Crippen molar-refractivity contribution in [1.82, 2.24) is 24.3 Å². The van der Waals surface area contributed by atoms with E-state index in [0.717, 1.165) is 55.9 Å². The first kappa shape index (κ1) is 31.8. The number of nitriles is 1. The molecule has 0 aliphatic carbocycles. The Bertz CT molecular complexity index is 2520. The summed E-state index contributed by atoms with van der Waals surface area (Å²) in [5, 5.41) is 21.5. The molecule has 8 aromatic rings. The molecule has 5 aromatic carbocycles. The number of para-hydroxylation sites is 2. The Morgan fingerprint density at radius 3 is 2.18 bits per heavy atom. The minimum atomic E-state index is 0. The quantitative estimate of drug-likeness (QED) is 0.157. The standard InChI is InChI=1S/C41H28N6O.Pt/c1-26-12-4-5-17-33(26)41-45-44-40(47(41)39-27(2)13-10-14-28(39)3)29-15-11-16-31(22-29)48-32-23-30(25-42)38-34-18-6-7-19-35(34)46(36(38)24-32)37-20-8-9-21-43-37;/h4-21,23H,1-3H3;/q-2;+2. The fourth-order valence-corrected chi connectivity index (χ4v) is 6.44. The van der Waals surface area contributed by atoms with Gasteiger partial charge >= 0.3 is 21.1 Å². The molecule has 7 nitrogen and oxygen atoms in total. The number of hydrogen-bond acceptors (Lipinski definition) is 5. The number of ether oxygens (including phenoxy) is 1. The zero-order valence-electron chi connectivity index (χ0n) is 26.9. The molecule has 0 amide bonds. The molecule has 0 radical (unpaired) electrons. The van der Waals surface area contributed by atoms with E-state index in [1.165, 1.54) is 0 Å². The van der Waals surface area contributed by atoms with Crippen molar-refractivity contribution >= 4 is 21.8 Å². The number of hydrogen-bond donors (Lipinski definition) is 0. The van der Waals surface area contributed by atoms with Gasteiger partial charge in [-0.3, -0.25) is 0 Å². The maximum Gasteiger partial charge on any atom is 2.00 e. The van der Waals surface area contributed by atoms with Gasteiger partial charge in [-0.15, -0.1) is 41.0 Å². The van der Waals surface area contributed by atoms with Crippen LogP contribution in [0.5, 0.6) is 11.5 Å². The van der Waals surface area contributed by atoms with Gasteiger partial charge in [-0.25, -0.2) is 4.98 Å². The molecule has 0 atom stereocenters. The van der Waals surface area contributed by atoms with Crippen LogP contribution in [-0.2, 0) is 21.1 Å². The zero-order valence-corrected chi connectivity index (χ0v) is 29.1. The SMILES string of the molecule is Cc1ccccc1-c1nnc(-c2[c-]c(Oc3[c-]c4c(c(C#N)c3)c3ccccc3n4-c3ccccn3)ccc2)n1-c1c(C)cccc1C.[Pt+2]. The third-order valence-corrected chi connectivity index (χ3v) is 8.60. The minimum absolute atomic E-state index is 0. The predicted octanol–water partition coefficient (Wildman–Crippen LogP) is 9.28. The monoisotopic (exact) mass is 815 g/mol. The molecule has 8 rings (SSSR count). The summed E-state index contributed by atoms with van der Waals surface area (Å²) in [6, 6.07) is 44.9. The molecule has 0 spiro atoms. The third-order valence-electron chi connectivity index (χ3n) is 8.60. The van der Waals surface area contributed by atoms with Crippen molar-refractivity contribution in [2.75, 3.05) is 0 Å². The van der Waals surface area contributed by atoms with Crippen molar-refractivity contribution in [2.24, 2.45) is 0 Å². The van der Waals surface area contributed by atoms with Crippen LogP contribution in [0, 0.1) is 44.2 Å². The summed E-state index contributed by atoms with van der Waals surface area (Å²) in [6.45, 7) is 6.27. The smallest absolute Gasteiger partial charge is 0.503 e. The first-order valence-corrected chi connectivity index (χ1v) is 15.6. The first-order chi connectivity index (χ1) is 23.5. The Morgan fingerprint density at radius 1 is 0.694 bits per heavy atom. The van der Waals surface area contributed by atoms with E-state index in [-0.39, 0.29) is 21.1 Å². The third kappa shape index (κ3) is 5.51. The predicted molar refractivity (Wildman–Crippen MR) is 187 cm³/mol. The molecule has 0 saturated heterocycles.